The number of rotatable bonds is 6. The number of aliphatic hydroxyl groups excluding tert-OH is 1. The SMILES string of the molecule is CC(O)c1ccc(OCCS(=O)(=O)C(C)C)cc1. The predicted molar refractivity (Wildman–Crippen MR) is 71.5 cm³/mol. The highest BCUT2D eigenvalue weighted by atomic mass is 32.2. The molecular weight excluding hydrogens is 252 g/mol. The van der Waals surface area contributed by atoms with Crippen molar-refractivity contribution in [2.75, 3.05) is 12.4 Å². The summed E-state index contributed by atoms with van der Waals surface area (Å²) in [5.74, 6) is 0.626. The summed E-state index contributed by atoms with van der Waals surface area (Å²) in [6, 6.07) is 6.97. The normalized spacial score (nSPS) is 13.6. The van der Waals surface area contributed by atoms with Gasteiger partial charge in [-0.05, 0) is 38.5 Å². The van der Waals surface area contributed by atoms with Crippen LogP contribution in [-0.2, 0) is 9.84 Å². The van der Waals surface area contributed by atoms with Crippen molar-refractivity contribution in [3.05, 3.63) is 29.8 Å². The van der Waals surface area contributed by atoms with Gasteiger partial charge in [-0.15, -0.1) is 0 Å². The van der Waals surface area contributed by atoms with Crippen molar-refractivity contribution in [2.45, 2.75) is 32.1 Å². The standard InChI is InChI=1S/C13H20O4S/c1-10(2)18(15,16)9-8-17-13-6-4-12(5-7-13)11(3)14/h4-7,10-11,14H,8-9H2,1-3H3. The maximum Gasteiger partial charge on any atom is 0.155 e. The number of ether oxygens (including phenoxy) is 1. The van der Waals surface area contributed by atoms with E-state index in [0.717, 1.165) is 5.56 Å². The minimum Gasteiger partial charge on any atom is -0.493 e. The molecule has 1 atom stereocenters. The molecule has 102 valence electrons. The highest BCUT2D eigenvalue weighted by Crippen LogP contribution is 2.17. The third-order valence-corrected chi connectivity index (χ3v) is 4.89. The van der Waals surface area contributed by atoms with Gasteiger partial charge >= 0.3 is 0 Å². The van der Waals surface area contributed by atoms with Gasteiger partial charge in [0.15, 0.2) is 9.84 Å². The number of hydrogen-bond acceptors (Lipinski definition) is 4. The first kappa shape index (κ1) is 15.0. The van der Waals surface area contributed by atoms with Crippen molar-refractivity contribution >= 4 is 9.84 Å². The second kappa shape index (κ2) is 6.20. The number of sulfone groups is 1. The van der Waals surface area contributed by atoms with Crippen molar-refractivity contribution in [1.29, 1.82) is 0 Å². The van der Waals surface area contributed by atoms with E-state index in [0.29, 0.717) is 5.75 Å². The molecule has 5 heteroatoms. The van der Waals surface area contributed by atoms with Crippen molar-refractivity contribution in [2.24, 2.45) is 0 Å². The highest BCUT2D eigenvalue weighted by Gasteiger charge is 2.15. The topological polar surface area (TPSA) is 63.6 Å². The molecule has 0 aromatic heterocycles. The fourth-order valence-corrected chi connectivity index (χ4v) is 2.14. The zero-order chi connectivity index (χ0) is 13.8. The van der Waals surface area contributed by atoms with Crippen molar-refractivity contribution in [3.8, 4) is 5.75 Å². The third kappa shape index (κ3) is 4.31. The van der Waals surface area contributed by atoms with Gasteiger partial charge in [0.25, 0.3) is 0 Å². The first-order valence-electron chi connectivity index (χ1n) is 5.95. The monoisotopic (exact) mass is 272 g/mol. The lowest BCUT2D eigenvalue weighted by Gasteiger charge is -2.10. The number of benzene rings is 1. The van der Waals surface area contributed by atoms with Crippen LogP contribution in [-0.4, -0.2) is 31.1 Å². The second-order valence-corrected chi connectivity index (χ2v) is 7.19. The lowest BCUT2D eigenvalue weighted by molar-refractivity contribution is 0.199. The minimum absolute atomic E-state index is 0.0167. The van der Waals surface area contributed by atoms with Crippen LogP contribution >= 0.6 is 0 Å². The Hall–Kier alpha value is -1.07. The van der Waals surface area contributed by atoms with Crippen LogP contribution in [0, 0.1) is 0 Å². The maximum atomic E-state index is 11.6. The summed E-state index contributed by atoms with van der Waals surface area (Å²) in [5, 5.41) is 8.96. The van der Waals surface area contributed by atoms with E-state index < -0.39 is 15.9 Å². The minimum atomic E-state index is -3.05. The molecule has 0 aliphatic carbocycles. The average Bonchev–Trinajstić information content (AvgIpc) is 2.29. The molecule has 0 amide bonds. The molecule has 0 aliphatic heterocycles. The van der Waals surface area contributed by atoms with E-state index in [1.807, 2.05) is 0 Å². The molecule has 0 aliphatic rings. The summed E-state index contributed by atoms with van der Waals surface area (Å²) in [5.41, 5.74) is 0.803. The lowest BCUT2D eigenvalue weighted by Crippen LogP contribution is -2.22. The Morgan fingerprint density at radius 3 is 2.17 bits per heavy atom. The van der Waals surface area contributed by atoms with Crippen molar-refractivity contribution in [3.63, 3.8) is 0 Å². The molecule has 1 N–H and O–H groups in total. The van der Waals surface area contributed by atoms with Crippen LogP contribution in [0.3, 0.4) is 0 Å². The largest absolute Gasteiger partial charge is 0.493 e. The smallest absolute Gasteiger partial charge is 0.155 e. The molecule has 0 heterocycles. The lowest BCUT2D eigenvalue weighted by atomic mass is 10.1. The van der Waals surface area contributed by atoms with Crippen LogP contribution < -0.4 is 4.74 Å². The fraction of sp³-hybridized carbons (Fsp3) is 0.538. The first-order valence-corrected chi connectivity index (χ1v) is 7.67. The first-order chi connectivity index (χ1) is 8.33. The van der Waals surface area contributed by atoms with Crippen LogP contribution in [0.1, 0.15) is 32.4 Å². The van der Waals surface area contributed by atoms with Gasteiger partial charge in [-0.3, -0.25) is 0 Å². The Morgan fingerprint density at radius 2 is 1.72 bits per heavy atom. The Bertz CT molecular complexity index is 460. The summed E-state index contributed by atoms with van der Waals surface area (Å²) in [4.78, 5) is 0. The van der Waals surface area contributed by atoms with Gasteiger partial charge in [0.2, 0.25) is 0 Å². The van der Waals surface area contributed by atoms with Crippen LogP contribution in [0.25, 0.3) is 0 Å². The van der Waals surface area contributed by atoms with E-state index >= 15 is 0 Å². The number of hydrogen-bond donors (Lipinski definition) is 1. The van der Waals surface area contributed by atoms with Gasteiger partial charge in [0.1, 0.15) is 12.4 Å². The van der Waals surface area contributed by atoms with Gasteiger partial charge < -0.3 is 9.84 Å². The van der Waals surface area contributed by atoms with Crippen LogP contribution in [0.4, 0.5) is 0 Å². The summed E-state index contributed by atoms with van der Waals surface area (Å²) in [6.45, 7) is 5.15. The quantitative estimate of drug-likeness (QED) is 0.859. The summed E-state index contributed by atoms with van der Waals surface area (Å²) in [6.07, 6.45) is -0.514. The van der Waals surface area contributed by atoms with Crippen molar-refractivity contribution in [1.82, 2.24) is 0 Å². The van der Waals surface area contributed by atoms with Crippen LogP contribution in [0.2, 0.25) is 0 Å². The zero-order valence-electron chi connectivity index (χ0n) is 11.0. The number of aliphatic hydroxyl groups is 1. The molecule has 1 rings (SSSR count). The highest BCUT2D eigenvalue weighted by molar-refractivity contribution is 7.91. The summed E-state index contributed by atoms with van der Waals surface area (Å²) in [7, 11) is -3.05. The molecule has 0 spiro atoms. The molecule has 0 saturated carbocycles. The molecule has 0 bridgehead atoms. The van der Waals surface area contributed by atoms with Gasteiger partial charge in [-0.25, -0.2) is 8.42 Å². The summed E-state index contributed by atoms with van der Waals surface area (Å²) >= 11 is 0. The average molecular weight is 272 g/mol. The third-order valence-electron chi connectivity index (χ3n) is 2.72. The van der Waals surface area contributed by atoms with E-state index in [1.54, 1.807) is 45.0 Å². The Balaban J connectivity index is 2.50. The summed E-state index contributed by atoms with van der Waals surface area (Å²) < 4.78 is 28.5. The molecule has 0 fully saturated rings. The Kier molecular flexibility index (Phi) is 5.16. The second-order valence-electron chi connectivity index (χ2n) is 4.51. The van der Waals surface area contributed by atoms with Crippen LogP contribution in [0.5, 0.6) is 5.75 Å². The molecule has 0 saturated heterocycles. The van der Waals surface area contributed by atoms with Gasteiger partial charge in [0, 0.05) is 0 Å². The van der Waals surface area contributed by atoms with Gasteiger partial charge in [-0.1, -0.05) is 12.1 Å². The van der Waals surface area contributed by atoms with Gasteiger partial charge in [-0.2, -0.15) is 0 Å². The zero-order valence-corrected chi connectivity index (χ0v) is 11.8. The van der Waals surface area contributed by atoms with E-state index in [1.165, 1.54) is 0 Å². The molecule has 18 heavy (non-hydrogen) atoms. The Morgan fingerprint density at radius 1 is 1.17 bits per heavy atom. The van der Waals surface area contributed by atoms with Crippen LogP contribution in [0.15, 0.2) is 24.3 Å². The van der Waals surface area contributed by atoms with Crippen molar-refractivity contribution < 1.29 is 18.3 Å². The molecule has 4 nitrogen and oxygen atoms in total. The molecular formula is C13H20O4S. The maximum absolute atomic E-state index is 11.6. The molecule has 1 unspecified atom stereocenters. The predicted octanol–water partition coefficient (Wildman–Crippen LogP) is 1.94. The Labute approximate surface area is 109 Å². The fourth-order valence-electron chi connectivity index (χ4n) is 1.35. The molecule has 0 radical (unpaired) electrons. The van der Waals surface area contributed by atoms with E-state index in [-0.39, 0.29) is 17.6 Å². The van der Waals surface area contributed by atoms with Gasteiger partial charge in [0.05, 0.1) is 17.1 Å². The van der Waals surface area contributed by atoms with E-state index in [2.05, 4.69) is 0 Å². The van der Waals surface area contributed by atoms with E-state index in [9.17, 15) is 13.5 Å². The molecule has 1 aromatic carbocycles. The molecule has 1 aromatic rings. The van der Waals surface area contributed by atoms with E-state index in [4.69, 9.17) is 4.74 Å².